The fourth-order valence-electron chi connectivity index (χ4n) is 1.63. The van der Waals surface area contributed by atoms with Crippen molar-refractivity contribution >= 4 is 0 Å². The van der Waals surface area contributed by atoms with Crippen molar-refractivity contribution in [2.45, 2.75) is 33.2 Å². The smallest absolute Gasteiger partial charge is 0.0486 e. The highest BCUT2D eigenvalue weighted by molar-refractivity contribution is 5.32. The second-order valence-corrected chi connectivity index (χ2v) is 3.82. The lowest BCUT2D eigenvalue weighted by atomic mass is 9.98. The standard InChI is InChI=1S/C13H19N/c1-4-11-7-5-6-8-12(11)13(14)9-10(2)3/h5-9,13H,4,14H2,1-3H3. The first-order valence-electron chi connectivity index (χ1n) is 5.13. The van der Waals surface area contributed by atoms with Gasteiger partial charge in [-0.25, -0.2) is 0 Å². The fraction of sp³-hybridized carbons (Fsp3) is 0.385. The molecule has 1 unspecified atom stereocenters. The van der Waals surface area contributed by atoms with E-state index in [2.05, 4.69) is 45.0 Å². The Balaban J connectivity index is 2.99. The van der Waals surface area contributed by atoms with Crippen molar-refractivity contribution in [1.82, 2.24) is 0 Å². The summed E-state index contributed by atoms with van der Waals surface area (Å²) in [5, 5.41) is 0. The number of allylic oxidation sites excluding steroid dienone is 1. The summed E-state index contributed by atoms with van der Waals surface area (Å²) >= 11 is 0. The Labute approximate surface area is 86.6 Å². The average Bonchev–Trinajstić information content (AvgIpc) is 2.16. The van der Waals surface area contributed by atoms with E-state index in [4.69, 9.17) is 5.73 Å². The lowest BCUT2D eigenvalue weighted by molar-refractivity contribution is 0.874. The molecule has 0 heterocycles. The van der Waals surface area contributed by atoms with E-state index < -0.39 is 0 Å². The van der Waals surface area contributed by atoms with Crippen LogP contribution in [0.25, 0.3) is 0 Å². The minimum absolute atomic E-state index is 0.0381. The third-order valence-corrected chi connectivity index (χ3v) is 2.31. The minimum atomic E-state index is 0.0381. The van der Waals surface area contributed by atoms with Gasteiger partial charge in [-0.1, -0.05) is 42.8 Å². The molecule has 0 aliphatic rings. The molecule has 1 rings (SSSR count). The van der Waals surface area contributed by atoms with Gasteiger partial charge in [-0.2, -0.15) is 0 Å². The molecule has 2 N–H and O–H groups in total. The number of hydrogen-bond acceptors (Lipinski definition) is 1. The topological polar surface area (TPSA) is 26.0 Å². The second kappa shape index (κ2) is 4.97. The number of hydrogen-bond donors (Lipinski definition) is 1. The number of rotatable bonds is 3. The van der Waals surface area contributed by atoms with Crippen LogP contribution < -0.4 is 5.73 Å². The van der Waals surface area contributed by atoms with E-state index in [1.807, 2.05) is 6.07 Å². The van der Waals surface area contributed by atoms with Crippen LogP contribution in [0.1, 0.15) is 37.9 Å². The quantitative estimate of drug-likeness (QED) is 0.726. The van der Waals surface area contributed by atoms with Gasteiger partial charge in [-0.15, -0.1) is 0 Å². The molecular weight excluding hydrogens is 170 g/mol. The Morgan fingerprint density at radius 3 is 2.57 bits per heavy atom. The summed E-state index contributed by atoms with van der Waals surface area (Å²) in [7, 11) is 0. The monoisotopic (exact) mass is 189 g/mol. The summed E-state index contributed by atoms with van der Waals surface area (Å²) in [5.74, 6) is 0. The van der Waals surface area contributed by atoms with Crippen LogP contribution in [0.4, 0.5) is 0 Å². The van der Waals surface area contributed by atoms with Crippen LogP contribution >= 0.6 is 0 Å². The van der Waals surface area contributed by atoms with Gasteiger partial charge >= 0.3 is 0 Å². The molecule has 0 aromatic heterocycles. The largest absolute Gasteiger partial charge is 0.321 e. The number of benzene rings is 1. The molecule has 0 amide bonds. The molecule has 1 aromatic rings. The highest BCUT2D eigenvalue weighted by Gasteiger charge is 2.05. The van der Waals surface area contributed by atoms with Gasteiger partial charge in [-0.05, 0) is 31.4 Å². The molecule has 14 heavy (non-hydrogen) atoms. The Morgan fingerprint density at radius 2 is 2.00 bits per heavy atom. The molecule has 1 atom stereocenters. The maximum absolute atomic E-state index is 6.10. The SMILES string of the molecule is CCc1ccccc1C(N)C=C(C)C. The van der Waals surface area contributed by atoms with Crippen LogP contribution in [-0.2, 0) is 6.42 Å². The number of aryl methyl sites for hydroxylation is 1. The summed E-state index contributed by atoms with van der Waals surface area (Å²) < 4.78 is 0. The van der Waals surface area contributed by atoms with Gasteiger partial charge in [0, 0.05) is 6.04 Å². The average molecular weight is 189 g/mol. The maximum atomic E-state index is 6.10. The van der Waals surface area contributed by atoms with E-state index in [9.17, 15) is 0 Å². The van der Waals surface area contributed by atoms with Gasteiger partial charge in [-0.3, -0.25) is 0 Å². The molecule has 0 aliphatic carbocycles. The number of nitrogens with two attached hydrogens (primary N) is 1. The van der Waals surface area contributed by atoms with Crippen LogP contribution in [0.3, 0.4) is 0 Å². The zero-order valence-corrected chi connectivity index (χ0v) is 9.25. The molecule has 0 radical (unpaired) electrons. The Bertz CT molecular complexity index is 322. The van der Waals surface area contributed by atoms with Crippen molar-refractivity contribution in [2.75, 3.05) is 0 Å². The summed E-state index contributed by atoms with van der Waals surface area (Å²) in [5.41, 5.74) is 9.95. The normalized spacial score (nSPS) is 12.3. The van der Waals surface area contributed by atoms with E-state index in [1.54, 1.807) is 0 Å². The molecule has 0 fully saturated rings. The van der Waals surface area contributed by atoms with Gasteiger partial charge in [0.25, 0.3) is 0 Å². The molecule has 1 heteroatoms. The first-order valence-corrected chi connectivity index (χ1v) is 5.13. The van der Waals surface area contributed by atoms with Gasteiger partial charge < -0.3 is 5.73 Å². The summed E-state index contributed by atoms with van der Waals surface area (Å²) in [4.78, 5) is 0. The van der Waals surface area contributed by atoms with E-state index >= 15 is 0 Å². The highest BCUT2D eigenvalue weighted by Crippen LogP contribution is 2.18. The van der Waals surface area contributed by atoms with Crippen molar-refractivity contribution in [3.8, 4) is 0 Å². The minimum Gasteiger partial charge on any atom is -0.321 e. The van der Waals surface area contributed by atoms with E-state index in [1.165, 1.54) is 16.7 Å². The van der Waals surface area contributed by atoms with Crippen molar-refractivity contribution in [3.05, 3.63) is 47.0 Å². The maximum Gasteiger partial charge on any atom is 0.0486 e. The third kappa shape index (κ3) is 2.71. The Kier molecular flexibility index (Phi) is 3.90. The van der Waals surface area contributed by atoms with E-state index in [-0.39, 0.29) is 6.04 Å². The highest BCUT2D eigenvalue weighted by atomic mass is 14.6. The predicted molar refractivity (Wildman–Crippen MR) is 62.2 cm³/mol. The van der Waals surface area contributed by atoms with Crippen molar-refractivity contribution < 1.29 is 0 Å². The molecule has 0 aliphatic heterocycles. The Hall–Kier alpha value is -1.08. The molecule has 1 aromatic carbocycles. The summed E-state index contributed by atoms with van der Waals surface area (Å²) in [6.45, 7) is 6.32. The van der Waals surface area contributed by atoms with E-state index in [0.717, 1.165) is 6.42 Å². The van der Waals surface area contributed by atoms with Gasteiger partial charge in [0.1, 0.15) is 0 Å². The van der Waals surface area contributed by atoms with Crippen molar-refractivity contribution in [3.63, 3.8) is 0 Å². The Morgan fingerprint density at radius 1 is 1.36 bits per heavy atom. The molecule has 0 saturated carbocycles. The zero-order chi connectivity index (χ0) is 10.6. The predicted octanol–water partition coefficient (Wildman–Crippen LogP) is 3.22. The van der Waals surface area contributed by atoms with Crippen LogP contribution in [0.15, 0.2) is 35.9 Å². The molecular formula is C13H19N. The molecule has 0 spiro atoms. The second-order valence-electron chi connectivity index (χ2n) is 3.82. The van der Waals surface area contributed by atoms with Gasteiger partial charge in [0.15, 0.2) is 0 Å². The van der Waals surface area contributed by atoms with Crippen molar-refractivity contribution in [1.29, 1.82) is 0 Å². The van der Waals surface area contributed by atoms with Gasteiger partial charge in [0.2, 0.25) is 0 Å². The zero-order valence-electron chi connectivity index (χ0n) is 9.25. The first kappa shape index (κ1) is 11.0. The van der Waals surface area contributed by atoms with Crippen LogP contribution in [0.5, 0.6) is 0 Å². The molecule has 0 saturated heterocycles. The lowest BCUT2D eigenvalue weighted by Crippen LogP contribution is -2.09. The molecule has 0 bridgehead atoms. The van der Waals surface area contributed by atoms with Crippen LogP contribution in [-0.4, -0.2) is 0 Å². The van der Waals surface area contributed by atoms with E-state index in [0.29, 0.717) is 0 Å². The van der Waals surface area contributed by atoms with Crippen LogP contribution in [0.2, 0.25) is 0 Å². The van der Waals surface area contributed by atoms with Crippen molar-refractivity contribution in [2.24, 2.45) is 5.73 Å². The van der Waals surface area contributed by atoms with Gasteiger partial charge in [0.05, 0.1) is 0 Å². The summed E-state index contributed by atoms with van der Waals surface area (Å²) in [6.07, 6.45) is 3.15. The fourth-order valence-corrected chi connectivity index (χ4v) is 1.63. The molecule has 1 nitrogen and oxygen atoms in total. The van der Waals surface area contributed by atoms with Crippen LogP contribution in [0, 0.1) is 0 Å². The third-order valence-electron chi connectivity index (χ3n) is 2.31. The summed E-state index contributed by atoms with van der Waals surface area (Å²) in [6, 6.07) is 8.41. The molecule has 76 valence electrons. The first-order chi connectivity index (χ1) is 6.65. The lowest BCUT2D eigenvalue weighted by Gasteiger charge is -2.12.